The molecule has 0 bridgehead atoms. The fourth-order valence-corrected chi connectivity index (χ4v) is 0.363. The van der Waals surface area contributed by atoms with E-state index in [2.05, 4.69) is 15.9 Å². The first-order chi connectivity index (χ1) is 9.00. The lowest BCUT2D eigenvalue weighted by Crippen LogP contribution is -2.20. The van der Waals surface area contributed by atoms with Gasteiger partial charge in [-0.3, -0.25) is 4.79 Å². The van der Waals surface area contributed by atoms with Gasteiger partial charge in [-0.05, 0) is 6.92 Å². The number of rotatable bonds is 5. The Balaban J connectivity index is -0.000000218. The number of hydrogen-bond acceptors (Lipinski definition) is 6. The molecule has 9 nitrogen and oxygen atoms in total. The van der Waals surface area contributed by atoms with Gasteiger partial charge in [0.2, 0.25) is 5.78 Å². The monoisotopic (exact) mass is 363 g/mol. The van der Waals surface area contributed by atoms with E-state index in [-0.39, 0.29) is 5.33 Å². The van der Waals surface area contributed by atoms with Crippen LogP contribution >= 0.6 is 15.9 Å². The van der Waals surface area contributed by atoms with Crippen LogP contribution in [0.3, 0.4) is 0 Å². The average Bonchev–Trinajstić information content (AvgIpc) is 2.37. The molecule has 20 heavy (non-hydrogen) atoms. The lowest BCUT2D eigenvalue weighted by molar-refractivity contribution is -0.147. The first-order valence-corrected chi connectivity index (χ1v) is 5.83. The number of carboxylic acids is 3. The Bertz CT molecular complexity index is 331. The van der Waals surface area contributed by atoms with E-state index >= 15 is 0 Å². The number of aliphatic hydroxyl groups excluding tert-OH is 2. The predicted molar refractivity (Wildman–Crippen MR) is 65.4 cm³/mol. The van der Waals surface area contributed by atoms with Crippen LogP contribution < -0.4 is 0 Å². The number of aliphatic hydroxyl groups is 2. The molecule has 0 aliphatic rings. The van der Waals surface area contributed by atoms with Crippen LogP contribution in [0.15, 0.2) is 0 Å². The van der Waals surface area contributed by atoms with Gasteiger partial charge in [-0.25, -0.2) is 18.8 Å². The smallest absolute Gasteiger partial charge is 0.373 e. The number of alkyl halides is 2. The number of halogens is 2. The molecule has 0 amide bonds. The van der Waals surface area contributed by atoms with Crippen LogP contribution in [0.25, 0.3) is 0 Å². The Hall–Kier alpha value is -1.59. The second-order valence-electron chi connectivity index (χ2n) is 2.88. The van der Waals surface area contributed by atoms with Crippen molar-refractivity contribution in [2.24, 2.45) is 0 Å². The van der Waals surface area contributed by atoms with Crippen LogP contribution in [-0.2, 0) is 19.2 Å². The number of ketones is 1. The maximum Gasteiger partial charge on any atom is 0.373 e. The molecule has 118 valence electrons. The number of Topliss-reactive ketones (excluding diaryl/α,β-unsaturated/α-hetero) is 1. The minimum absolute atomic E-state index is 0.109. The maximum absolute atomic E-state index is 11.0. The zero-order valence-corrected chi connectivity index (χ0v) is 11.8. The fourth-order valence-electron chi connectivity index (χ4n) is 0.123. The Morgan fingerprint density at radius 1 is 1.05 bits per heavy atom. The van der Waals surface area contributed by atoms with Crippen molar-refractivity contribution in [3.05, 3.63) is 0 Å². The average molecular weight is 364 g/mol. The molecular formula is C9H14BrFO9. The van der Waals surface area contributed by atoms with E-state index in [1.165, 1.54) is 6.92 Å². The molecule has 0 aliphatic heterocycles. The molecule has 0 rings (SSSR count). The van der Waals surface area contributed by atoms with Gasteiger partial charge in [-0.2, -0.15) is 0 Å². The van der Waals surface area contributed by atoms with Gasteiger partial charge in [0.1, 0.15) is 12.8 Å². The Labute approximate surface area is 120 Å². The minimum atomic E-state index is -1.85. The van der Waals surface area contributed by atoms with E-state index < -0.39 is 42.6 Å². The maximum atomic E-state index is 11.0. The quantitative estimate of drug-likeness (QED) is 0.300. The third-order valence-corrected chi connectivity index (χ3v) is 1.66. The highest BCUT2D eigenvalue weighted by Gasteiger charge is 2.10. The van der Waals surface area contributed by atoms with E-state index in [0.717, 1.165) is 0 Å². The Morgan fingerprint density at radius 3 is 1.40 bits per heavy atom. The topological polar surface area (TPSA) is 169 Å². The van der Waals surface area contributed by atoms with Crippen molar-refractivity contribution in [1.29, 1.82) is 0 Å². The first kappa shape index (κ1) is 23.5. The zero-order chi connectivity index (χ0) is 16.9. The van der Waals surface area contributed by atoms with Gasteiger partial charge in [-0.15, -0.1) is 0 Å². The third-order valence-electron chi connectivity index (χ3n) is 1.15. The number of carbonyl (C=O) groups is 4. The summed E-state index contributed by atoms with van der Waals surface area (Å²) in [7, 11) is 0. The number of hydrogen-bond donors (Lipinski definition) is 5. The molecule has 2 atom stereocenters. The van der Waals surface area contributed by atoms with Crippen LogP contribution in [0.4, 0.5) is 4.39 Å². The lowest BCUT2D eigenvalue weighted by Gasteiger charge is -1.93. The second-order valence-corrected chi connectivity index (χ2v) is 3.45. The van der Waals surface area contributed by atoms with E-state index in [4.69, 9.17) is 25.5 Å². The molecule has 0 fully saturated rings. The van der Waals surface area contributed by atoms with Gasteiger partial charge in [0.15, 0.2) is 6.10 Å². The molecule has 0 aromatic carbocycles. The summed E-state index contributed by atoms with van der Waals surface area (Å²) in [5, 5.41) is 39.1. The van der Waals surface area contributed by atoms with Gasteiger partial charge in [0.25, 0.3) is 0 Å². The molecule has 0 aromatic heterocycles. The van der Waals surface area contributed by atoms with Crippen molar-refractivity contribution >= 4 is 39.6 Å². The van der Waals surface area contributed by atoms with E-state index in [0.29, 0.717) is 0 Å². The highest BCUT2D eigenvalue weighted by atomic mass is 79.9. The fraction of sp³-hybridized carbons (Fsp3) is 0.556. The number of carboxylic acid groups (broad SMARTS) is 3. The summed E-state index contributed by atoms with van der Waals surface area (Å²) in [5.74, 6) is -4.92. The summed E-state index contributed by atoms with van der Waals surface area (Å²) >= 11 is 2.68. The molecule has 1 unspecified atom stereocenters. The molecular weight excluding hydrogens is 350 g/mol. The highest BCUT2D eigenvalue weighted by Crippen LogP contribution is 1.81. The van der Waals surface area contributed by atoms with Crippen LogP contribution in [0.2, 0.25) is 0 Å². The van der Waals surface area contributed by atoms with Gasteiger partial charge in [0.05, 0.1) is 5.33 Å². The standard InChI is InChI=1S/C3H3BrO3.C3H5FO3.C3H6O3/c2*4-1-2(5)3(6)7;1-2(4)3(5)6/h1H2,(H,6,7);2,5H,1H2,(H,6,7);2,4H,1H3,(H,5,6)/t;;2-/m..0/s1/i;4-1;. The van der Waals surface area contributed by atoms with Gasteiger partial charge < -0.3 is 25.5 Å². The summed E-state index contributed by atoms with van der Waals surface area (Å²) < 4.78 is 11.0. The lowest BCUT2D eigenvalue weighted by atomic mass is 10.4. The summed E-state index contributed by atoms with van der Waals surface area (Å²) in [6.07, 6.45) is -3.08. The molecule has 0 saturated heterocycles. The first-order valence-electron chi connectivity index (χ1n) is 4.70. The third kappa shape index (κ3) is 18.8. The molecule has 11 heteroatoms. The summed E-state index contributed by atoms with van der Waals surface area (Å²) in [4.78, 5) is 38.3. The van der Waals surface area contributed by atoms with Crippen LogP contribution in [-0.4, -0.2) is 73.4 Å². The molecule has 0 aliphatic carbocycles. The van der Waals surface area contributed by atoms with E-state index in [1.54, 1.807) is 0 Å². The van der Waals surface area contributed by atoms with Crippen molar-refractivity contribution in [2.45, 2.75) is 19.1 Å². The minimum Gasteiger partial charge on any atom is -0.479 e. The van der Waals surface area contributed by atoms with Gasteiger partial charge in [-0.1, -0.05) is 15.9 Å². The summed E-state index contributed by atoms with van der Waals surface area (Å²) in [5.41, 5.74) is 0. The second kappa shape index (κ2) is 13.8. The zero-order valence-electron chi connectivity index (χ0n) is 10.2. The van der Waals surface area contributed by atoms with Crippen molar-refractivity contribution in [2.75, 3.05) is 12.0 Å². The molecule has 0 aromatic rings. The molecule has 5 N–H and O–H groups in total. The SMILES string of the molecule is C[C@H](O)C(=O)O.O=C(O)C(=O)CBr.O=C(O)C(O)C[18F]. The van der Waals surface area contributed by atoms with Crippen molar-refractivity contribution in [3.8, 4) is 0 Å². The summed E-state index contributed by atoms with van der Waals surface area (Å²) in [6.45, 7) is -0.0301. The van der Waals surface area contributed by atoms with Crippen LogP contribution in [0.1, 0.15) is 6.92 Å². The Morgan fingerprint density at radius 2 is 1.40 bits per heavy atom. The van der Waals surface area contributed by atoms with Crippen molar-refractivity contribution in [1.82, 2.24) is 0 Å². The molecule has 0 heterocycles. The molecule has 0 radical (unpaired) electrons. The van der Waals surface area contributed by atoms with E-state index in [9.17, 15) is 23.6 Å². The normalized spacial score (nSPS) is 11.7. The largest absolute Gasteiger partial charge is 0.479 e. The van der Waals surface area contributed by atoms with Gasteiger partial charge in [0, 0.05) is 0 Å². The van der Waals surface area contributed by atoms with Gasteiger partial charge >= 0.3 is 17.9 Å². The van der Waals surface area contributed by atoms with Crippen LogP contribution in [0.5, 0.6) is 0 Å². The molecule has 0 saturated carbocycles. The number of carbonyl (C=O) groups excluding carboxylic acids is 1. The van der Waals surface area contributed by atoms with Crippen molar-refractivity contribution < 1.29 is 49.1 Å². The highest BCUT2D eigenvalue weighted by molar-refractivity contribution is 9.09. The molecule has 0 spiro atoms. The predicted octanol–water partition coefficient (Wildman–Crippen LogP) is -1.11. The van der Waals surface area contributed by atoms with Crippen molar-refractivity contribution in [3.63, 3.8) is 0 Å². The summed E-state index contributed by atoms with van der Waals surface area (Å²) in [6, 6.07) is 0. The van der Waals surface area contributed by atoms with E-state index in [1.807, 2.05) is 0 Å². The Kier molecular flexibility index (Phi) is 16.3. The number of aliphatic carboxylic acids is 3. The van der Waals surface area contributed by atoms with Crippen LogP contribution in [0, 0.1) is 0 Å².